The number of para-hydroxylation sites is 2. The van der Waals surface area contributed by atoms with Gasteiger partial charge in [-0.2, -0.15) is 0 Å². The number of aromatic nitrogens is 2. The maximum absolute atomic E-state index is 11.1. The minimum Gasteiger partial charge on any atom is -0.478 e. The third-order valence-electron chi connectivity index (χ3n) is 2.76. The van der Waals surface area contributed by atoms with Gasteiger partial charge in [0.1, 0.15) is 11.0 Å². The van der Waals surface area contributed by atoms with Crippen LogP contribution in [0.25, 0.3) is 22.1 Å². The number of nitrogens with zero attached hydrogens (tertiary/aromatic N) is 2. The molecular weight excluding hydrogens is 230 g/mol. The SMILES string of the molecule is Nc1cccc2nc3c(C(=O)O)cccc3nc12. The number of carboxylic acid groups (broad SMARTS) is 1. The predicted molar refractivity (Wildman–Crippen MR) is 68.4 cm³/mol. The maximum Gasteiger partial charge on any atom is 0.337 e. The normalized spacial score (nSPS) is 10.9. The second kappa shape index (κ2) is 3.66. The molecule has 0 atom stereocenters. The lowest BCUT2D eigenvalue weighted by Crippen LogP contribution is -2.00. The summed E-state index contributed by atoms with van der Waals surface area (Å²) in [6.07, 6.45) is 0. The lowest BCUT2D eigenvalue weighted by atomic mass is 10.1. The molecule has 1 heterocycles. The topological polar surface area (TPSA) is 89.1 Å². The zero-order valence-electron chi connectivity index (χ0n) is 9.29. The molecular formula is C13H9N3O2. The van der Waals surface area contributed by atoms with E-state index in [-0.39, 0.29) is 5.56 Å². The Hall–Kier alpha value is -2.69. The number of rotatable bonds is 1. The highest BCUT2D eigenvalue weighted by Gasteiger charge is 2.11. The molecule has 5 nitrogen and oxygen atoms in total. The van der Waals surface area contributed by atoms with Crippen LogP contribution in [-0.2, 0) is 0 Å². The standard InChI is InChI=1S/C13H9N3O2/c14-8-4-2-6-10-12(8)16-9-5-1-3-7(13(17)18)11(9)15-10/h1-6H,14H2,(H,17,18). The summed E-state index contributed by atoms with van der Waals surface area (Å²) >= 11 is 0. The van der Waals surface area contributed by atoms with E-state index in [1.54, 1.807) is 30.3 Å². The largest absolute Gasteiger partial charge is 0.478 e. The average molecular weight is 239 g/mol. The molecule has 0 saturated carbocycles. The smallest absolute Gasteiger partial charge is 0.337 e. The summed E-state index contributed by atoms with van der Waals surface area (Å²) in [7, 11) is 0. The molecule has 0 radical (unpaired) electrons. The minimum absolute atomic E-state index is 0.143. The Morgan fingerprint density at radius 2 is 1.61 bits per heavy atom. The van der Waals surface area contributed by atoms with E-state index in [1.165, 1.54) is 6.07 Å². The molecule has 0 fully saturated rings. The van der Waals surface area contributed by atoms with Crippen molar-refractivity contribution in [3.63, 3.8) is 0 Å². The number of anilines is 1. The lowest BCUT2D eigenvalue weighted by molar-refractivity contribution is 0.0699. The number of nitrogen functional groups attached to an aromatic ring is 1. The number of nitrogens with two attached hydrogens (primary N) is 1. The van der Waals surface area contributed by atoms with Crippen LogP contribution in [0.1, 0.15) is 10.4 Å². The summed E-state index contributed by atoms with van der Waals surface area (Å²) in [5, 5.41) is 9.12. The van der Waals surface area contributed by atoms with Crippen molar-refractivity contribution in [1.29, 1.82) is 0 Å². The molecule has 0 aliphatic carbocycles. The Balaban J connectivity index is 2.49. The fraction of sp³-hybridized carbons (Fsp3) is 0. The Bertz CT molecular complexity index is 784. The van der Waals surface area contributed by atoms with Crippen molar-refractivity contribution in [2.45, 2.75) is 0 Å². The first-order chi connectivity index (χ1) is 8.66. The summed E-state index contributed by atoms with van der Waals surface area (Å²) in [5.74, 6) is -1.02. The molecule has 2 aromatic carbocycles. The maximum atomic E-state index is 11.1. The molecule has 0 unspecified atom stereocenters. The van der Waals surface area contributed by atoms with E-state index in [1.807, 2.05) is 0 Å². The van der Waals surface area contributed by atoms with Crippen LogP contribution in [0.4, 0.5) is 5.69 Å². The third-order valence-corrected chi connectivity index (χ3v) is 2.76. The number of hydrogen-bond acceptors (Lipinski definition) is 4. The van der Waals surface area contributed by atoms with E-state index < -0.39 is 5.97 Å². The highest BCUT2D eigenvalue weighted by atomic mass is 16.4. The summed E-state index contributed by atoms with van der Waals surface area (Å²) < 4.78 is 0. The molecule has 0 bridgehead atoms. The molecule has 3 N–H and O–H groups in total. The second-order valence-electron chi connectivity index (χ2n) is 3.92. The highest BCUT2D eigenvalue weighted by molar-refractivity contribution is 6.03. The van der Waals surface area contributed by atoms with E-state index in [0.29, 0.717) is 27.8 Å². The van der Waals surface area contributed by atoms with Crippen LogP contribution < -0.4 is 5.73 Å². The Labute approximate surface area is 102 Å². The van der Waals surface area contributed by atoms with Gasteiger partial charge in [0, 0.05) is 0 Å². The number of hydrogen-bond donors (Lipinski definition) is 2. The van der Waals surface area contributed by atoms with Crippen molar-refractivity contribution in [2.75, 3.05) is 5.73 Å². The molecule has 0 saturated heterocycles. The Morgan fingerprint density at radius 3 is 2.33 bits per heavy atom. The van der Waals surface area contributed by atoms with Gasteiger partial charge >= 0.3 is 5.97 Å². The molecule has 88 valence electrons. The summed E-state index contributed by atoms with van der Waals surface area (Å²) in [6.45, 7) is 0. The first-order valence-electron chi connectivity index (χ1n) is 5.35. The van der Waals surface area contributed by atoms with Gasteiger partial charge < -0.3 is 10.8 Å². The minimum atomic E-state index is -1.02. The molecule has 3 aromatic rings. The van der Waals surface area contributed by atoms with Gasteiger partial charge in [-0.3, -0.25) is 0 Å². The van der Waals surface area contributed by atoms with Gasteiger partial charge in [-0.15, -0.1) is 0 Å². The Kier molecular flexibility index (Phi) is 2.13. The third kappa shape index (κ3) is 1.45. The quantitative estimate of drug-likeness (QED) is 0.501. The highest BCUT2D eigenvalue weighted by Crippen LogP contribution is 2.22. The fourth-order valence-corrected chi connectivity index (χ4v) is 1.91. The van der Waals surface area contributed by atoms with E-state index in [0.717, 1.165) is 0 Å². The number of carbonyl (C=O) groups is 1. The van der Waals surface area contributed by atoms with Gasteiger partial charge in [-0.25, -0.2) is 14.8 Å². The van der Waals surface area contributed by atoms with E-state index in [2.05, 4.69) is 9.97 Å². The first-order valence-corrected chi connectivity index (χ1v) is 5.35. The molecule has 0 spiro atoms. The lowest BCUT2D eigenvalue weighted by Gasteiger charge is -2.05. The summed E-state index contributed by atoms with van der Waals surface area (Å²) in [5.41, 5.74) is 8.59. The van der Waals surface area contributed by atoms with Gasteiger partial charge in [0.15, 0.2) is 0 Å². The molecule has 1 aromatic heterocycles. The van der Waals surface area contributed by atoms with Crippen molar-refractivity contribution in [1.82, 2.24) is 9.97 Å². The van der Waals surface area contributed by atoms with Crippen LogP contribution in [0.5, 0.6) is 0 Å². The zero-order chi connectivity index (χ0) is 12.7. The van der Waals surface area contributed by atoms with Crippen molar-refractivity contribution in [2.24, 2.45) is 0 Å². The molecule has 0 amide bonds. The van der Waals surface area contributed by atoms with Gasteiger partial charge in [0.25, 0.3) is 0 Å². The van der Waals surface area contributed by atoms with Crippen LogP contribution in [0, 0.1) is 0 Å². The zero-order valence-corrected chi connectivity index (χ0v) is 9.29. The van der Waals surface area contributed by atoms with E-state index >= 15 is 0 Å². The Morgan fingerprint density at radius 1 is 1.00 bits per heavy atom. The summed E-state index contributed by atoms with van der Waals surface area (Å²) in [4.78, 5) is 19.8. The molecule has 18 heavy (non-hydrogen) atoms. The van der Waals surface area contributed by atoms with Crippen molar-refractivity contribution in [3.05, 3.63) is 42.0 Å². The second-order valence-corrected chi connectivity index (χ2v) is 3.92. The fourth-order valence-electron chi connectivity index (χ4n) is 1.91. The summed E-state index contributed by atoms with van der Waals surface area (Å²) in [6, 6.07) is 10.1. The van der Waals surface area contributed by atoms with Gasteiger partial charge in [-0.05, 0) is 24.3 Å². The van der Waals surface area contributed by atoms with Crippen LogP contribution >= 0.6 is 0 Å². The van der Waals surface area contributed by atoms with E-state index in [4.69, 9.17) is 10.8 Å². The number of fused-ring (bicyclic) bond motifs is 2. The number of carboxylic acids is 1. The average Bonchev–Trinajstić information content (AvgIpc) is 2.36. The number of aromatic carboxylic acids is 1. The molecule has 3 rings (SSSR count). The number of benzene rings is 2. The van der Waals surface area contributed by atoms with Crippen LogP contribution in [0.15, 0.2) is 36.4 Å². The monoisotopic (exact) mass is 239 g/mol. The van der Waals surface area contributed by atoms with Crippen molar-refractivity contribution < 1.29 is 9.90 Å². The molecule has 0 aliphatic heterocycles. The molecule has 5 heteroatoms. The van der Waals surface area contributed by atoms with Crippen molar-refractivity contribution >= 4 is 33.7 Å². The van der Waals surface area contributed by atoms with Gasteiger partial charge in [0.05, 0.1) is 22.3 Å². The van der Waals surface area contributed by atoms with Gasteiger partial charge in [0.2, 0.25) is 0 Å². The van der Waals surface area contributed by atoms with Crippen molar-refractivity contribution in [3.8, 4) is 0 Å². The van der Waals surface area contributed by atoms with E-state index in [9.17, 15) is 4.79 Å². The van der Waals surface area contributed by atoms with Crippen LogP contribution in [-0.4, -0.2) is 21.0 Å². The van der Waals surface area contributed by atoms with Gasteiger partial charge in [-0.1, -0.05) is 12.1 Å². The predicted octanol–water partition coefficient (Wildman–Crippen LogP) is 2.06. The van der Waals surface area contributed by atoms with Crippen LogP contribution in [0.2, 0.25) is 0 Å². The molecule has 0 aliphatic rings. The van der Waals surface area contributed by atoms with Crippen LogP contribution in [0.3, 0.4) is 0 Å². The first kappa shape index (κ1) is 10.5.